The fourth-order valence-electron chi connectivity index (χ4n) is 2.15. The molecule has 0 aliphatic heterocycles. The Morgan fingerprint density at radius 1 is 1.44 bits per heavy atom. The van der Waals surface area contributed by atoms with Crippen molar-refractivity contribution in [2.24, 2.45) is 0 Å². The van der Waals surface area contributed by atoms with Gasteiger partial charge >= 0.3 is 0 Å². The van der Waals surface area contributed by atoms with Gasteiger partial charge in [-0.25, -0.2) is 0 Å². The van der Waals surface area contributed by atoms with Gasteiger partial charge in [0.2, 0.25) is 0 Å². The van der Waals surface area contributed by atoms with Crippen molar-refractivity contribution in [1.82, 2.24) is 0 Å². The molecule has 0 amide bonds. The molecular weight excluding hydrogens is 307 g/mol. The number of benzene rings is 1. The first kappa shape index (κ1) is 11.6. The summed E-state index contributed by atoms with van der Waals surface area (Å²) in [5.41, 5.74) is 5.66. The van der Waals surface area contributed by atoms with Crippen molar-refractivity contribution in [1.29, 1.82) is 0 Å². The molecule has 16 heavy (non-hydrogen) atoms. The van der Waals surface area contributed by atoms with Gasteiger partial charge < -0.3 is 0 Å². The normalized spacial score (nSPS) is 14.1. The Morgan fingerprint density at radius 2 is 2.25 bits per heavy atom. The van der Waals surface area contributed by atoms with Gasteiger partial charge in [-0.3, -0.25) is 0 Å². The lowest BCUT2D eigenvalue weighted by molar-refractivity contribution is 0.968. The van der Waals surface area contributed by atoms with Gasteiger partial charge in [0.15, 0.2) is 0 Å². The minimum Gasteiger partial charge on any atom is -0.0991 e. The molecule has 0 saturated carbocycles. The average molecular weight is 322 g/mol. The van der Waals surface area contributed by atoms with E-state index in [1.807, 2.05) is 12.2 Å². The highest BCUT2D eigenvalue weighted by Gasteiger charge is 2.12. The predicted molar refractivity (Wildman–Crippen MR) is 80.5 cm³/mol. The quantitative estimate of drug-likeness (QED) is 0.544. The van der Waals surface area contributed by atoms with Crippen LogP contribution in [0.3, 0.4) is 0 Å². The van der Waals surface area contributed by atoms with Crippen LogP contribution in [0.2, 0.25) is 0 Å². The Kier molecular flexibility index (Phi) is 3.64. The van der Waals surface area contributed by atoms with E-state index in [9.17, 15) is 0 Å². The molecule has 82 valence electrons. The third kappa shape index (κ3) is 2.14. The van der Waals surface area contributed by atoms with Crippen LogP contribution in [0.15, 0.2) is 30.9 Å². The van der Waals surface area contributed by atoms with Crippen LogP contribution in [0.25, 0.3) is 12.2 Å². The summed E-state index contributed by atoms with van der Waals surface area (Å²) >= 11 is 2.41. The first-order valence-corrected chi connectivity index (χ1v) is 6.59. The summed E-state index contributed by atoms with van der Waals surface area (Å²) < 4.78 is 1.32. The molecule has 0 spiro atoms. The maximum absolute atomic E-state index is 3.72. The molecule has 0 radical (unpaired) electrons. The van der Waals surface area contributed by atoms with E-state index in [1.54, 1.807) is 0 Å². The summed E-state index contributed by atoms with van der Waals surface area (Å²) in [5, 5.41) is 0. The van der Waals surface area contributed by atoms with Gasteiger partial charge in [0.05, 0.1) is 0 Å². The molecule has 0 fully saturated rings. The van der Waals surface area contributed by atoms with Crippen molar-refractivity contribution in [3.8, 4) is 0 Å². The molecule has 0 heterocycles. The highest BCUT2D eigenvalue weighted by molar-refractivity contribution is 14.1. The van der Waals surface area contributed by atoms with Crippen LogP contribution in [0, 0.1) is 10.5 Å². The van der Waals surface area contributed by atoms with Crippen LogP contribution in [-0.2, 0) is 6.42 Å². The molecule has 0 nitrogen and oxygen atoms in total. The fraction of sp³-hybridized carbons (Fsp3) is 0.200. The Labute approximate surface area is 111 Å². The van der Waals surface area contributed by atoms with Gasteiger partial charge in [0.1, 0.15) is 0 Å². The van der Waals surface area contributed by atoms with Gasteiger partial charge in [-0.05, 0) is 70.7 Å². The van der Waals surface area contributed by atoms with Crippen LogP contribution in [0.5, 0.6) is 0 Å². The summed E-state index contributed by atoms with van der Waals surface area (Å²) in [6.07, 6.45) is 12.8. The highest BCUT2D eigenvalue weighted by atomic mass is 127. The SMILES string of the molecule is C=C/C=C\c1c(I)cc2c(c1C)CCC=C2. The molecule has 1 aromatic rings. The molecule has 1 aliphatic carbocycles. The zero-order valence-electron chi connectivity index (χ0n) is 9.46. The maximum atomic E-state index is 3.72. The van der Waals surface area contributed by atoms with E-state index >= 15 is 0 Å². The van der Waals surface area contributed by atoms with Gasteiger partial charge in [-0.2, -0.15) is 0 Å². The number of halogens is 1. The minimum atomic E-state index is 1.17. The Balaban J connectivity index is 2.59. The van der Waals surface area contributed by atoms with Crippen molar-refractivity contribution in [2.45, 2.75) is 19.8 Å². The molecule has 1 aliphatic rings. The summed E-state index contributed by atoms with van der Waals surface area (Å²) in [6.45, 7) is 5.95. The second kappa shape index (κ2) is 5.00. The summed E-state index contributed by atoms with van der Waals surface area (Å²) in [5.74, 6) is 0. The second-order valence-corrected chi connectivity index (χ2v) is 5.16. The van der Waals surface area contributed by atoms with E-state index in [0.29, 0.717) is 0 Å². The minimum absolute atomic E-state index is 1.17. The van der Waals surface area contributed by atoms with Gasteiger partial charge in [0, 0.05) is 3.57 Å². The molecule has 0 saturated heterocycles. The van der Waals surface area contributed by atoms with Crippen molar-refractivity contribution < 1.29 is 0 Å². The van der Waals surface area contributed by atoms with E-state index in [2.05, 4.69) is 60.4 Å². The molecule has 0 unspecified atom stereocenters. The first-order chi connectivity index (χ1) is 7.74. The zero-order chi connectivity index (χ0) is 11.5. The predicted octanol–water partition coefficient (Wildman–Crippen LogP) is 4.76. The number of hydrogen-bond acceptors (Lipinski definition) is 0. The van der Waals surface area contributed by atoms with E-state index < -0.39 is 0 Å². The second-order valence-electron chi connectivity index (χ2n) is 4.00. The molecule has 0 bridgehead atoms. The van der Waals surface area contributed by atoms with Crippen molar-refractivity contribution in [2.75, 3.05) is 0 Å². The Hall–Kier alpha value is -0.830. The summed E-state index contributed by atoms with van der Waals surface area (Å²) in [4.78, 5) is 0. The smallest absolute Gasteiger partial charge is 0.0211 e. The van der Waals surface area contributed by atoms with Crippen molar-refractivity contribution in [3.05, 3.63) is 56.7 Å². The fourth-order valence-corrected chi connectivity index (χ4v) is 3.07. The van der Waals surface area contributed by atoms with Crippen molar-refractivity contribution in [3.63, 3.8) is 0 Å². The molecule has 1 heteroatoms. The topological polar surface area (TPSA) is 0 Å². The van der Waals surface area contributed by atoms with E-state index in [4.69, 9.17) is 0 Å². The van der Waals surface area contributed by atoms with Crippen LogP contribution in [0.4, 0.5) is 0 Å². The largest absolute Gasteiger partial charge is 0.0991 e. The lowest BCUT2D eigenvalue weighted by Crippen LogP contribution is -2.01. The Bertz CT molecular complexity index is 479. The first-order valence-electron chi connectivity index (χ1n) is 5.51. The molecule has 0 aromatic heterocycles. The average Bonchev–Trinajstić information content (AvgIpc) is 2.29. The van der Waals surface area contributed by atoms with E-state index in [0.717, 1.165) is 0 Å². The van der Waals surface area contributed by atoms with Gasteiger partial charge in [-0.15, -0.1) is 0 Å². The van der Waals surface area contributed by atoms with Crippen LogP contribution >= 0.6 is 22.6 Å². The number of hydrogen-bond donors (Lipinski definition) is 0. The lowest BCUT2D eigenvalue weighted by Gasteiger charge is -2.17. The van der Waals surface area contributed by atoms with Crippen LogP contribution < -0.4 is 0 Å². The maximum Gasteiger partial charge on any atom is 0.0211 e. The van der Waals surface area contributed by atoms with Crippen molar-refractivity contribution >= 4 is 34.7 Å². The van der Waals surface area contributed by atoms with E-state index in [1.165, 1.54) is 38.7 Å². The molecule has 2 rings (SSSR count). The lowest BCUT2D eigenvalue weighted by atomic mass is 9.90. The number of rotatable bonds is 2. The van der Waals surface area contributed by atoms with E-state index in [-0.39, 0.29) is 0 Å². The molecule has 0 N–H and O–H groups in total. The van der Waals surface area contributed by atoms with Crippen LogP contribution in [0.1, 0.15) is 28.7 Å². The third-order valence-corrected chi connectivity index (χ3v) is 3.89. The summed E-state index contributed by atoms with van der Waals surface area (Å²) in [6, 6.07) is 2.28. The highest BCUT2D eigenvalue weighted by Crippen LogP contribution is 2.29. The third-order valence-electron chi connectivity index (χ3n) is 3.00. The number of allylic oxidation sites excluding steroid dienone is 3. The van der Waals surface area contributed by atoms with Gasteiger partial charge in [0.25, 0.3) is 0 Å². The van der Waals surface area contributed by atoms with Gasteiger partial charge in [-0.1, -0.05) is 37.0 Å². The Morgan fingerprint density at radius 3 is 3.00 bits per heavy atom. The summed E-state index contributed by atoms with van der Waals surface area (Å²) in [7, 11) is 0. The molecule has 1 aromatic carbocycles. The standard InChI is InChI=1S/C15H15I/c1-3-4-8-14-11(2)13-9-6-5-7-12(13)10-15(14)16/h3-5,7-8,10H,1,6,9H2,2H3/b8-4-. The number of fused-ring (bicyclic) bond motifs is 1. The molecular formula is C15H15I. The monoisotopic (exact) mass is 322 g/mol. The zero-order valence-corrected chi connectivity index (χ0v) is 11.6. The van der Waals surface area contributed by atoms with Crippen LogP contribution in [-0.4, -0.2) is 0 Å². The molecule has 0 atom stereocenters.